The van der Waals surface area contributed by atoms with Crippen molar-refractivity contribution in [3.8, 4) is 10.4 Å². The quantitative estimate of drug-likeness (QED) is 0.285. The van der Waals surface area contributed by atoms with E-state index in [1.165, 1.54) is 4.90 Å². The summed E-state index contributed by atoms with van der Waals surface area (Å²) in [5.41, 5.74) is 3.68. The number of alkyl halides is 1. The zero-order valence-electron chi connectivity index (χ0n) is 29.2. The summed E-state index contributed by atoms with van der Waals surface area (Å²) >= 11 is 1.59. The molecule has 3 aliphatic heterocycles. The molecule has 3 fully saturated rings. The van der Waals surface area contributed by atoms with Crippen LogP contribution in [0.3, 0.4) is 0 Å². The lowest BCUT2D eigenvalue weighted by Crippen LogP contribution is -2.57. The zero-order valence-corrected chi connectivity index (χ0v) is 30.0. The summed E-state index contributed by atoms with van der Waals surface area (Å²) in [5, 5.41) is 21.3. The van der Waals surface area contributed by atoms with Gasteiger partial charge in [0.1, 0.15) is 17.6 Å². The number of piperazine rings is 1. The lowest BCUT2D eigenvalue weighted by atomic mass is 9.91. The molecule has 11 nitrogen and oxygen atoms in total. The molecule has 3 aliphatic rings. The van der Waals surface area contributed by atoms with Gasteiger partial charge in [-0.3, -0.25) is 14.5 Å². The van der Waals surface area contributed by atoms with Gasteiger partial charge in [-0.1, -0.05) is 43.3 Å². The van der Waals surface area contributed by atoms with Crippen molar-refractivity contribution in [3.05, 3.63) is 52.9 Å². The number of aryl methyl sites for hydroxylation is 1. The number of rotatable bonds is 10. The fraction of sp³-hybridized carbons (Fsp3) is 0.611. The molecule has 2 amide bonds. The van der Waals surface area contributed by atoms with E-state index in [-0.39, 0.29) is 42.8 Å². The molecule has 0 unspecified atom stereocenters. The van der Waals surface area contributed by atoms with Crippen LogP contribution in [-0.4, -0.2) is 107 Å². The minimum Gasteiger partial charge on any atom is -0.391 e. The summed E-state index contributed by atoms with van der Waals surface area (Å²) in [5.74, 6) is -0.292. The molecule has 2 aromatic heterocycles. The number of nitrogens with one attached hydrogen (secondary N) is 2. The van der Waals surface area contributed by atoms with Crippen molar-refractivity contribution in [2.75, 3.05) is 50.7 Å². The molecule has 3 N–H and O–H groups in total. The third-order valence-corrected chi connectivity index (χ3v) is 11.4. The van der Waals surface area contributed by atoms with Crippen LogP contribution in [-0.2, 0) is 9.59 Å². The monoisotopic (exact) mass is 695 g/mol. The molecule has 1 aromatic carbocycles. The summed E-state index contributed by atoms with van der Waals surface area (Å²) in [7, 11) is 0. The van der Waals surface area contributed by atoms with Gasteiger partial charge in [0.2, 0.25) is 11.8 Å². The van der Waals surface area contributed by atoms with Crippen LogP contribution < -0.4 is 15.5 Å². The molecule has 3 saturated heterocycles. The summed E-state index contributed by atoms with van der Waals surface area (Å²) in [6, 6.07) is 8.91. The molecule has 5 atom stereocenters. The third kappa shape index (κ3) is 7.84. The van der Waals surface area contributed by atoms with Crippen molar-refractivity contribution in [1.29, 1.82) is 0 Å². The number of likely N-dealkylation sites (tertiary alicyclic amines) is 1. The lowest BCUT2D eigenvalue weighted by Gasteiger charge is -2.43. The van der Waals surface area contributed by atoms with Gasteiger partial charge in [0.05, 0.1) is 28.2 Å². The Morgan fingerprint density at radius 2 is 1.90 bits per heavy atom. The number of carbonyl (C=O) groups is 2. The first-order chi connectivity index (χ1) is 23.4. The van der Waals surface area contributed by atoms with Crippen LogP contribution in [0.2, 0.25) is 0 Å². The average molecular weight is 696 g/mol. The molecule has 0 aliphatic carbocycles. The Morgan fingerprint density at radius 1 is 1.16 bits per heavy atom. The maximum atomic E-state index is 15.4. The first kappa shape index (κ1) is 35.4. The number of carbonyl (C=O) groups excluding carboxylic acids is 2. The van der Waals surface area contributed by atoms with E-state index in [0.29, 0.717) is 63.7 Å². The fourth-order valence-electron chi connectivity index (χ4n) is 7.53. The van der Waals surface area contributed by atoms with Gasteiger partial charge in [0.15, 0.2) is 11.6 Å². The van der Waals surface area contributed by atoms with Crippen LogP contribution >= 0.6 is 11.3 Å². The second-order valence-corrected chi connectivity index (χ2v) is 15.3. The molecule has 49 heavy (non-hydrogen) atoms. The Bertz CT molecular complexity index is 1590. The smallest absolute Gasteiger partial charge is 0.243 e. The van der Waals surface area contributed by atoms with Crippen LogP contribution in [0.15, 0.2) is 40.4 Å². The molecule has 13 heteroatoms. The highest BCUT2D eigenvalue weighted by Crippen LogP contribution is 2.34. The molecule has 3 aromatic rings. The molecule has 0 saturated carbocycles. The Labute approximate surface area is 292 Å². The van der Waals surface area contributed by atoms with Crippen molar-refractivity contribution in [2.45, 2.75) is 89.7 Å². The number of nitrogens with zero attached hydrogens (tertiary/aromatic N) is 5. The highest BCUT2D eigenvalue weighted by molar-refractivity contribution is 7.13. The molecule has 5 heterocycles. The van der Waals surface area contributed by atoms with Gasteiger partial charge in [0.25, 0.3) is 0 Å². The van der Waals surface area contributed by atoms with Gasteiger partial charge in [0, 0.05) is 51.3 Å². The second kappa shape index (κ2) is 14.8. The van der Waals surface area contributed by atoms with Gasteiger partial charge in [-0.2, -0.15) is 0 Å². The van der Waals surface area contributed by atoms with Gasteiger partial charge in [-0.05, 0) is 63.7 Å². The Hall–Kier alpha value is -3.39. The molecule has 0 radical (unpaired) electrons. The second-order valence-electron chi connectivity index (χ2n) is 14.5. The van der Waals surface area contributed by atoms with Crippen LogP contribution in [0, 0.1) is 12.8 Å². The number of aliphatic hydroxyl groups excluding tert-OH is 1. The summed E-state index contributed by atoms with van der Waals surface area (Å²) in [4.78, 5) is 39.1. The van der Waals surface area contributed by atoms with E-state index in [4.69, 9.17) is 4.52 Å². The molecule has 6 rings (SSSR count). The maximum Gasteiger partial charge on any atom is 0.243 e. The molecule has 0 bridgehead atoms. The van der Waals surface area contributed by atoms with Crippen LogP contribution in [0.1, 0.15) is 75.9 Å². The minimum atomic E-state index is -1.16. The van der Waals surface area contributed by atoms with Crippen LogP contribution in [0.4, 0.5) is 10.2 Å². The first-order valence-electron chi connectivity index (χ1n) is 17.6. The summed E-state index contributed by atoms with van der Waals surface area (Å²) in [6.07, 6.45) is 0.435. The fourth-order valence-corrected chi connectivity index (χ4v) is 8.34. The standard InChI is InChI=1S/C36H50FN7O4S/c1-22(2)32(30-17-31(41-48-30)42-14-15-43(23(3)18-42)20-36(37)10-12-38-13-11-36)35(47)44-19-28(45)16-29(44)34(46)40-24(4)26-6-8-27(9-7-26)33-25(5)39-21-49-33/h6-9,17,21-24,28-29,32,38,45H,10-16,18-20H2,1-5H3,(H,40,46)/t23-,24+,28-,29+,32+/m1/s1. The van der Waals surface area contributed by atoms with Crippen molar-refractivity contribution in [2.24, 2.45) is 5.92 Å². The van der Waals surface area contributed by atoms with E-state index in [0.717, 1.165) is 21.7 Å². The topological polar surface area (TPSA) is 127 Å². The number of piperidine rings is 1. The van der Waals surface area contributed by atoms with Gasteiger partial charge in [-0.25, -0.2) is 9.37 Å². The highest BCUT2D eigenvalue weighted by Gasteiger charge is 2.44. The van der Waals surface area contributed by atoms with Crippen molar-refractivity contribution in [1.82, 2.24) is 30.6 Å². The maximum absolute atomic E-state index is 15.4. The largest absolute Gasteiger partial charge is 0.391 e. The number of hydrogen-bond donors (Lipinski definition) is 3. The van der Waals surface area contributed by atoms with E-state index in [1.807, 2.05) is 63.5 Å². The lowest BCUT2D eigenvalue weighted by molar-refractivity contribution is -0.141. The third-order valence-electron chi connectivity index (χ3n) is 10.5. The minimum absolute atomic E-state index is 0.0734. The van der Waals surface area contributed by atoms with E-state index in [9.17, 15) is 14.7 Å². The van der Waals surface area contributed by atoms with E-state index in [1.54, 1.807) is 11.3 Å². The highest BCUT2D eigenvalue weighted by atomic mass is 32.1. The molecular weight excluding hydrogens is 646 g/mol. The van der Waals surface area contributed by atoms with Crippen molar-refractivity contribution >= 4 is 29.0 Å². The predicted octanol–water partition coefficient (Wildman–Crippen LogP) is 4.29. The number of aliphatic hydroxyl groups is 1. The number of anilines is 1. The molecular formula is C36H50FN7O4S. The number of hydrogen-bond acceptors (Lipinski definition) is 10. The predicted molar refractivity (Wildman–Crippen MR) is 188 cm³/mol. The van der Waals surface area contributed by atoms with E-state index in [2.05, 4.69) is 37.5 Å². The van der Waals surface area contributed by atoms with Gasteiger partial charge >= 0.3 is 0 Å². The SMILES string of the molecule is Cc1ncsc1-c1ccc([C@H](C)NC(=O)[C@@H]2C[C@@H](O)CN2C(=O)[C@H](c2cc(N3CCN(CC4(F)CCNCC4)[C@H](C)C3)no2)C(C)C)cc1. The number of thiazole rings is 1. The van der Waals surface area contributed by atoms with Crippen LogP contribution in [0.25, 0.3) is 10.4 Å². The average Bonchev–Trinajstić information content (AvgIpc) is 3.82. The number of β-amino-alcohol motifs (C(OH)–C–C–N with tert-alkyl or cyclic N) is 1. The number of benzene rings is 1. The normalized spacial score (nSPS) is 24.3. The summed E-state index contributed by atoms with van der Waals surface area (Å²) in [6.45, 7) is 13.9. The summed E-state index contributed by atoms with van der Waals surface area (Å²) < 4.78 is 21.3. The molecule has 266 valence electrons. The van der Waals surface area contributed by atoms with Crippen molar-refractivity contribution < 1.29 is 23.6 Å². The Morgan fingerprint density at radius 3 is 2.55 bits per heavy atom. The first-order valence-corrected chi connectivity index (χ1v) is 18.4. The number of aromatic nitrogens is 2. The van der Waals surface area contributed by atoms with Crippen molar-refractivity contribution in [3.63, 3.8) is 0 Å². The Balaban J connectivity index is 1.10. The van der Waals surface area contributed by atoms with Crippen LogP contribution in [0.5, 0.6) is 0 Å². The zero-order chi connectivity index (χ0) is 34.9. The van der Waals surface area contributed by atoms with E-state index >= 15 is 4.39 Å². The van der Waals surface area contributed by atoms with Gasteiger partial charge < -0.3 is 30.1 Å². The number of amides is 2. The van der Waals surface area contributed by atoms with E-state index < -0.39 is 23.7 Å². The van der Waals surface area contributed by atoms with Gasteiger partial charge in [-0.15, -0.1) is 11.3 Å². The molecule has 0 spiro atoms. The Kier molecular flexibility index (Phi) is 10.7. The number of halogens is 1.